The summed E-state index contributed by atoms with van der Waals surface area (Å²) in [5.74, 6) is -1.12. The number of carboxylic acids is 1. The quantitative estimate of drug-likeness (QED) is 0.759. The van der Waals surface area contributed by atoms with Gasteiger partial charge in [0, 0.05) is 0 Å². The van der Waals surface area contributed by atoms with Crippen LogP contribution in [0, 0.1) is 0 Å². The summed E-state index contributed by atoms with van der Waals surface area (Å²) in [5.41, 5.74) is 4.64. The first-order valence-electron chi connectivity index (χ1n) is 2.41. The third kappa shape index (κ3) is 6.11. The molecule has 5 nitrogen and oxygen atoms in total. The Morgan fingerprint density at radius 2 is 2.00 bits per heavy atom. The molecular weight excluding hydrogens is 286 g/mol. The molecule has 0 aromatic rings. The maximum Gasteiger partial charge on any atom is 0.406 e. The molecule has 0 aromatic carbocycles. The molecule has 0 radical (unpaired) electrons. The minimum Gasteiger partial charge on any atom is -0.481 e. The number of alkyl halides is 2. The van der Waals surface area contributed by atoms with Gasteiger partial charge in [0.2, 0.25) is 3.42 Å². The minimum absolute atomic E-state index is 0.421. The van der Waals surface area contributed by atoms with E-state index >= 15 is 0 Å². The predicted molar refractivity (Wildman–Crippen MR) is 43.5 cm³/mol. The molecular formula is C4H5Br2NO4. The van der Waals surface area contributed by atoms with E-state index in [4.69, 9.17) is 5.11 Å². The molecule has 0 unspecified atom stereocenters. The highest BCUT2D eigenvalue weighted by Crippen LogP contribution is 2.31. The Bertz CT molecular complexity index is 163. The average molecular weight is 291 g/mol. The van der Waals surface area contributed by atoms with Crippen LogP contribution in [-0.2, 0) is 9.53 Å². The minimum atomic E-state index is -1.41. The van der Waals surface area contributed by atoms with Gasteiger partial charge in [0.25, 0.3) is 0 Å². The van der Waals surface area contributed by atoms with Crippen molar-refractivity contribution >= 4 is 43.9 Å². The van der Waals surface area contributed by atoms with Crippen LogP contribution >= 0.6 is 31.9 Å². The van der Waals surface area contributed by atoms with E-state index in [1.807, 2.05) is 0 Å². The number of rotatable bonds is 3. The van der Waals surface area contributed by atoms with Crippen molar-refractivity contribution < 1.29 is 19.4 Å². The number of amides is 1. The molecule has 0 aliphatic carbocycles. The van der Waals surface area contributed by atoms with Gasteiger partial charge in [-0.25, -0.2) is 4.79 Å². The number of primary amides is 1. The zero-order valence-corrected chi connectivity index (χ0v) is 8.38. The van der Waals surface area contributed by atoms with Gasteiger partial charge in [0.05, 0.1) is 0 Å². The van der Waals surface area contributed by atoms with Crippen LogP contribution < -0.4 is 5.73 Å². The molecule has 7 heteroatoms. The maximum atomic E-state index is 10.1. The number of hydrogen-bond donors (Lipinski definition) is 2. The van der Waals surface area contributed by atoms with Crippen LogP contribution in [0.3, 0.4) is 0 Å². The SMILES string of the molecule is NC(=O)OC(Br)(Br)CC(=O)O. The van der Waals surface area contributed by atoms with Gasteiger partial charge in [-0.15, -0.1) is 0 Å². The first-order valence-corrected chi connectivity index (χ1v) is 4.00. The molecule has 0 saturated heterocycles. The van der Waals surface area contributed by atoms with E-state index in [1.165, 1.54) is 0 Å². The van der Waals surface area contributed by atoms with Crippen molar-refractivity contribution in [2.75, 3.05) is 0 Å². The van der Waals surface area contributed by atoms with Crippen molar-refractivity contribution in [3.05, 3.63) is 0 Å². The summed E-state index contributed by atoms with van der Waals surface area (Å²) in [6.07, 6.45) is -1.48. The van der Waals surface area contributed by atoms with E-state index in [9.17, 15) is 9.59 Å². The highest BCUT2D eigenvalue weighted by molar-refractivity contribution is 9.25. The molecule has 0 spiro atoms. The van der Waals surface area contributed by atoms with Gasteiger partial charge in [-0.2, -0.15) is 0 Å². The Balaban J connectivity index is 3.99. The molecule has 0 atom stereocenters. The Labute approximate surface area is 79.1 Å². The molecule has 0 aliphatic rings. The maximum absolute atomic E-state index is 10.1. The van der Waals surface area contributed by atoms with Crippen LogP contribution in [0.4, 0.5) is 4.79 Å². The molecule has 0 aliphatic heterocycles. The second-order valence-electron chi connectivity index (χ2n) is 1.63. The van der Waals surface area contributed by atoms with E-state index < -0.39 is 21.9 Å². The van der Waals surface area contributed by atoms with Gasteiger partial charge in [-0.1, -0.05) is 0 Å². The summed E-state index contributed by atoms with van der Waals surface area (Å²) in [7, 11) is 0. The van der Waals surface area contributed by atoms with Crippen LogP contribution in [0.5, 0.6) is 0 Å². The summed E-state index contributed by atoms with van der Waals surface area (Å²) in [5, 5.41) is 8.27. The molecule has 0 aromatic heterocycles. The molecule has 0 heterocycles. The van der Waals surface area contributed by atoms with Crippen molar-refractivity contribution in [1.82, 2.24) is 0 Å². The van der Waals surface area contributed by atoms with Crippen molar-refractivity contribution in [2.45, 2.75) is 9.84 Å². The Morgan fingerprint density at radius 3 is 2.27 bits per heavy atom. The third-order valence-corrected chi connectivity index (χ3v) is 1.49. The number of halogens is 2. The highest BCUT2D eigenvalue weighted by atomic mass is 79.9. The molecule has 1 amide bonds. The smallest absolute Gasteiger partial charge is 0.406 e. The van der Waals surface area contributed by atoms with Crippen molar-refractivity contribution in [1.29, 1.82) is 0 Å². The van der Waals surface area contributed by atoms with Crippen LogP contribution in [0.25, 0.3) is 0 Å². The molecule has 0 bridgehead atoms. The lowest BCUT2D eigenvalue weighted by molar-refractivity contribution is -0.138. The number of ether oxygens (including phenoxy) is 1. The van der Waals surface area contributed by atoms with Gasteiger partial charge in [-0.05, 0) is 31.9 Å². The summed E-state index contributed by atoms with van der Waals surface area (Å²) < 4.78 is 2.93. The van der Waals surface area contributed by atoms with Crippen LogP contribution in [0.15, 0.2) is 0 Å². The van der Waals surface area contributed by atoms with E-state index in [0.717, 1.165) is 0 Å². The lowest BCUT2D eigenvalue weighted by Gasteiger charge is -2.16. The van der Waals surface area contributed by atoms with E-state index in [0.29, 0.717) is 0 Å². The first-order chi connectivity index (χ1) is 4.83. The summed E-state index contributed by atoms with van der Waals surface area (Å²) in [6, 6.07) is 0. The zero-order chi connectivity index (χ0) is 9.07. The highest BCUT2D eigenvalue weighted by Gasteiger charge is 2.29. The summed E-state index contributed by atoms with van der Waals surface area (Å²) in [4.78, 5) is 20.2. The van der Waals surface area contributed by atoms with Crippen LogP contribution in [0.2, 0.25) is 0 Å². The van der Waals surface area contributed by atoms with Gasteiger partial charge < -0.3 is 15.6 Å². The standard InChI is InChI=1S/C4H5Br2NO4/c5-4(6,1-2(8)9)11-3(7)10/h1H2,(H2,7,10)(H,8,9). The average Bonchev–Trinajstić information content (AvgIpc) is 1.53. The normalized spacial score (nSPS) is 10.7. The molecule has 0 saturated carbocycles. The Morgan fingerprint density at radius 1 is 1.55 bits per heavy atom. The molecule has 0 rings (SSSR count). The Kier molecular flexibility index (Phi) is 3.81. The first kappa shape index (κ1) is 10.7. The van der Waals surface area contributed by atoms with Gasteiger partial charge in [0.1, 0.15) is 6.42 Å². The fourth-order valence-corrected chi connectivity index (χ4v) is 1.16. The topological polar surface area (TPSA) is 89.6 Å². The number of carboxylic acid groups (broad SMARTS) is 1. The zero-order valence-electron chi connectivity index (χ0n) is 5.21. The third-order valence-electron chi connectivity index (χ3n) is 0.607. The fraction of sp³-hybridized carbons (Fsp3) is 0.500. The second kappa shape index (κ2) is 3.91. The van der Waals surface area contributed by atoms with Gasteiger partial charge in [0.15, 0.2) is 0 Å². The van der Waals surface area contributed by atoms with E-state index in [-0.39, 0.29) is 0 Å². The molecule has 3 N–H and O–H groups in total. The van der Waals surface area contributed by atoms with Gasteiger partial charge >= 0.3 is 12.1 Å². The number of carbonyl (C=O) groups is 2. The van der Waals surface area contributed by atoms with Crippen LogP contribution in [0.1, 0.15) is 6.42 Å². The summed E-state index contributed by atoms with van der Waals surface area (Å²) in [6.45, 7) is 0. The molecule has 11 heavy (non-hydrogen) atoms. The molecule has 64 valence electrons. The largest absolute Gasteiger partial charge is 0.481 e. The lowest BCUT2D eigenvalue weighted by Crippen LogP contribution is -2.27. The van der Waals surface area contributed by atoms with Crippen molar-refractivity contribution in [3.63, 3.8) is 0 Å². The number of hydrogen-bond acceptors (Lipinski definition) is 3. The number of nitrogens with two attached hydrogens (primary N) is 1. The van der Waals surface area contributed by atoms with E-state index in [1.54, 1.807) is 0 Å². The summed E-state index contributed by atoms with van der Waals surface area (Å²) >= 11 is 5.59. The van der Waals surface area contributed by atoms with E-state index in [2.05, 4.69) is 42.3 Å². The monoisotopic (exact) mass is 289 g/mol. The lowest BCUT2D eigenvalue weighted by atomic mass is 10.5. The number of carbonyl (C=O) groups excluding carboxylic acids is 1. The molecule has 0 fully saturated rings. The second-order valence-corrected chi connectivity index (χ2v) is 5.26. The number of aliphatic carboxylic acids is 1. The van der Waals surface area contributed by atoms with Gasteiger partial charge in [-0.3, -0.25) is 4.79 Å². The predicted octanol–water partition coefficient (Wildman–Crippen LogP) is 1.00. The van der Waals surface area contributed by atoms with Crippen molar-refractivity contribution in [3.8, 4) is 0 Å². The fourth-order valence-electron chi connectivity index (χ4n) is 0.359. The van der Waals surface area contributed by atoms with Crippen LogP contribution in [-0.4, -0.2) is 20.6 Å². The van der Waals surface area contributed by atoms with Crippen molar-refractivity contribution in [2.24, 2.45) is 5.73 Å². The Hall–Kier alpha value is -0.300.